The lowest BCUT2D eigenvalue weighted by atomic mass is 10.2. The van der Waals surface area contributed by atoms with Crippen molar-refractivity contribution >= 4 is 5.69 Å². The van der Waals surface area contributed by atoms with Gasteiger partial charge in [0, 0.05) is 17.3 Å². The van der Waals surface area contributed by atoms with E-state index in [0.717, 1.165) is 5.56 Å². The van der Waals surface area contributed by atoms with Crippen LogP contribution in [0, 0.1) is 6.92 Å². The van der Waals surface area contributed by atoms with Gasteiger partial charge in [-0.05, 0) is 31.2 Å². The lowest BCUT2D eigenvalue weighted by Crippen LogP contribution is -2.12. The molecular formula is C13H12N6O. The van der Waals surface area contributed by atoms with Crippen LogP contribution in [0.3, 0.4) is 0 Å². The van der Waals surface area contributed by atoms with E-state index in [4.69, 9.17) is 5.73 Å². The number of hydrogen-bond donors (Lipinski definition) is 2. The Morgan fingerprint density at radius 2 is 2.00 bits per heavy atom. The molecule has 1 aromatic carbocycles. The van der Waals surface area contributed by atoms with E-state index in [1.165, 1.54) is 17.1 Å². The van der Waals surface area contributed by atoms with Gasteiger partial charge in [0.2, 0.25) is 0 Å². The predicted molar refractivity (Wildman–Crippen MR) is 74.4 cm³/mol. The van der Waals surface area contributed by atoms with Gasteiger partial charge in [0.15, 0.2) is 11.6 Å². The molecule has 0 saturated carbocycles. The third-order valence-electron chi connectivity index (χ3n) is 2.74. The van der Waals surface area contributed by atoms with Gasteiger partial charge in [-0.3, -0.25) is 4.79 Å². The third kappa shape index (κ3) is 2.28. The number of nitrogens with one attached hydrogen (secondary N) is 1. The molecule has 0 spiro atoms. The number of H-pyrrole nitrogens is 1. The third-order valence-corrected chi connectivity index (χ3v) is 2.74. The Hall–Kier alpha value is -2.96. The minimum Gasteiger partial charge on any atom is -0.399 e. The molecule has 3 rings (SSSR count). The Balaban J connectivity index is 2.01. The fraction of sp³-hybridized carbons (Fsp3) is 0.0769. The van der Waals surface area contributed by atoms with E-state index in [-0.39, 0.29) is 5.56 Å². The van der Waals surface area contributed by atoms with Crippen LogP contribution in [0.5, 0.6) is 0 Å². The number of hydrogen-bond acceptors (Lipinski definition) is 5. The number of aromatic nitrogens is 5. The normalized spacial score (nSPS) is 10.7. The van der Waals surface area contributed by atoms with E-state index in [9.17, 15) is 4.79 Å². The Morgan fingerprint density at radius 1 is 1.25 bits per heavy atom. The maximum atomic E-state index is 11.4. The highest BCUT2D eigenvalue weighted by atomic mass is 16.1. The molecule has 0 atom stereocenters. The van der Waals surface area contributed by atoms with Gasteiger partial charge in [0.25, 0.3) is 5.56 Å². The van der Waals surface area contributed by atoms with Crippen molar-refractivity contribution in [3.05, 3.63) is 52.8 Å². The number of anilines is 1. The molecule has 0 bridgehead atoms. The van der Waals surface area contributed by atoms with Crippen LogP contribution in [-0.2, 0) is 0 Å². The first-order valence-electron chi connectivity index (χ1n) is 5.98. The average Bonchev–Trinajstić information content (AvgIpc) is 2.88. The summed E-state index contributed by atoms with van der Waals surface area (Å²) in [7, 11) is 0. The van der Waals surface area contributed by atoms with Crippen molar-refractivity contribution in [1.29, 1.82) is 0 Å². The molecule has 0 amide bonds. The summed E-state index contributed by atoms with van der Waals surface area (Å²) in [6, 6.07) is 8.61. The molecule has 20 heavy (non-hydrogen) atoms. The van der Waals surface area contributed by atoms with Crippen molar-refractivity contribution in [3.8, 4) is 17.2 Å². The van der Waals surface area contributed by atoms with Crippen molar-refractivity contribution in [3.63, 3.8) is 0 Å². The number of nitrogen functional groups attached to an aromatic ring is 1. The van der Waals surface area contributed by atoms with Gasteiger partial charge in [-0.1, -0.05) is 0 Å². The summed E-state index contributed by atoms with van der Waals surface area (Å²) < 4.78 is 1.47. The predicted octanol–water partition coefficient (Wildman–Crippen LogP) is 0.908. The van der Waals surface area contributed by atoms with E-state index in [0.29, 0.717) is 23.2 Å². The maximum absolute atomic E-state index is 11.4. The van der Waals surface area contributed by atoms with E-state index in [2.05, 4.69) is 20.1 Å². The molecule has 2 aromatic heterocycles. The van der Waals surface area contributed by atoms with Crippen molar-refractivity contribution < 1.29 is 0 Å². The molecule has 0 unspecified atom stereocenters. The number of benzene rings is 1. The van der Waals surface area contributed by atoms with Crippen LogP contribution in [0.1, 0.15) is 5.82 Å². The Kier molecular flexibility index (Phi) is 2.79. The smallest absolute Gasteiger partial charge is 0.253 e. The van der Waals surface area contributed by atoms with E-state index < -0.39 is 0 Å². The Labute approximate surface area is 114 Å². The summed E-state index contributed by atoms with van der Waals surface area (Å²) in [6.07, 6.45) is 1.52. The van der Waals surface area contributed by atoms with Crippen LogP contribution in [0.2, 0.25) is 0 Å². The van der Waals surface area contributed by atoms with Crippen LogP contribution >= 0.6 is 0 Å². The maximum Gasteiger partial charge on any atom is 0.253 e. The van der Waals surface area contributed by atoms with Crippen LogP contribution in [-0.4, -0.2) is 24.7 Å². The van der Waals surface area contributed by atoms with Crippen LogP contribution in [0.4, 0.5) is 5.69 Å². The summed E-state index contributed by atoms with van der Waals surface area (Å²) in [5.41, 5.74) is 6.94. The van der Waals surface area contributed by atoms with Crippen LogP contribution in [0.15, 0.2) is 41.5 Å². The molecule has 0 aliphatic heterocycles. The summed E-state index contributed by atoms with van der Waals surface area (Å²) in [5, 5.41) is 4.31. The number of nitrogens with two attached hydrogens (primary N) is 1. The average molecular weight is 268 g/mol. The number of rotatable bonds is 2. The summed E-state index contributed by atoms with van der Waals surface area (Å²) in [6.45, 7) is 1.71. The standard InChI is InChI=1S/C13H12N6O/c1-8-16-11(6-12(20)17-8)19-7-15-13(18-19)9-2-4-10(14)5-3-9/h2-7H,14H2,1H3,(H,16,17,20). The van der Waals surface area contributed by atoms with Gasteiger partial charge in [-0.2, -0.15) is 0 Å². The molecule has 7 heteroatoms. The first-order chi connectivity index (χ1) is 9.61. The topological polar surface area (TPSA) is 102 Å². The fourth-order valence-electron chi connectivity index (χ4n) is 1.82. The molecule has 0 aliphatic rings. The van der Waals surface area contributed by atoms with Crippen molar-refractivity contribution in [2.75, 3.05) is 5.73 Å². The highest BCUT2D eigenvalue weighted by Gasteiger charge is 2.07. The first kappa shape index (κ1) is 12.1. The van der Waals surface area contributed by atoms with Crippen LogP contribution < -0.4 is 11.3 Å². The van der Waals surface area contributed by atoms with Gasteiger partial charge in [-0.15, -0.1) is 5.10 Å². The van der Waals surface area contributed by atoms with Gasteiger partial charge in [-0.25, -0.2) is 14.6 Å². The lowest BCUT2D eigenvalue weighted by Gasteiger charge is -2.00. The van der Waals surface area contributed by atoms with E-state index >= 15 is 0 Å². The summed E-state index contributed by atoms with van der Waals surface area (Å²) in [4.78, 5) is 22.4. The highest BCUT2D eigenvalue weighted by Crippen LogP contribution is 2.16. The van der Waals surface area contributed by atoms with Gasteiger partial charge in [0.05, 0.1) is 0 Å². The van der Waals surface area contributed by atoms with E-state index in [1.807, 2.05) is 12.1 Å². The molecule has 0 aliphatic carbocycles. The van der Waals surface area contributed by atoms with E-state index in [1.54, 1.807) is 19.1 Å². The second kappa shape index (κ2) is 4.61. The van der Waals surface area contributed by atoms with Crippen LogP contribution in [0.25, 0.3) is 17.2 Å². The Morgan fingerprint density at radius 3 is 2.70 bits per heavy atom. The summed E-state index contributed by atoms with van der Waals surface area (Å²) >= 11 is 0. The lowest BCUT2D eigenvalue weighted by molar-refractivity contribution is 0.823. The quantitative estimate of drug-likeness (QED) is 0.672. The number of aryl methyl sites for hydroxylation is 1. The molecular weight excluding hydrogens is 256 g/mol. The first-order valence-corrected chi connectivity index (χ1v) is 5.98. The molecule has 3 N–H and O–H groups in total. The van der Waals surface area contributed by atoms with Crippen molar-refractivity contribution in [1.82, 2.24) is 24.7 Å². The SMILES string of the molecule is Cc1nc(-n2cnc(-c3ccc(N)cc3)n2)cc(=O)[nH]1. The zero-order chi connectivity index (χ0) is 14.1. The molecule has 0 fully saturated rings. The monoisotopic (exact) mass is 268 g/mol. The largest absolute Gasteiger partial charge is 0.399 e. The molecule has 3 aromatic rings. The van der Waals surface area contributed by atoms with Crippen molar-refractivity contribution in [2.24, 2.45) is 0 Å². The van der Waals surface area contributed by atoms with Crippen molar-refractivity contribution in [2.45, 2.75) is 6.92 Å². The fourth-order valence-corrected chi connectivity index (χ4v) is 1.82. The molecule has 0 saturated heterocycles. The second-order valence-electron chi connectivity index (χ2n) is 4.32. The molecule has 7 nitrogen and oxygen atoms in total. The summed E-state index contributed by atoms with van der Waals surface area (Å²) in [5.74, 6) is 1.50. The molecule has 100 valence electrons. The number of nitrogens with zero attached hydrogens (tertiary/aromatic N) is 4. The van der Waals surface area contributed by atoms with Gasteiger partial charge >= 0.3 is 0 Å². The van der Waals surface area contributed by atoms with Gasteiger partial charge in [0.1, 0.15) is 12.2 Å². The second-order valence-corrected chi connectivity index (χ2v) is 4.32. The zero-order valence-electron chi connectivity index (χ0n) is 10.7. The molecule has 2 heterocycles. The highest BCUT2D eigenvalue weighted by molar-refractivity contribution is 5.58. The number of aromatic amines is 1. The minimum absolute atomic E-state index is 0.225. The molecule has 0 radical (unpaired) electrons. The Bertz CT molecular complexity index is 802. The van der Waals surface area contributed by atoms with Gasteiger partial charge < -0.3 is 10.7 Å². The zero-order valence-corrected chi connectivity index (χ0v) is 10.7. The minimum atomic E-state index is -0.225.